The molecule has 2 aliphatic heterocycles. The van der Waals surface area contributed by atoms with Gasteiger partial charge in [-0.15, -0.1) is 0 Å². The van der Waals surface area contributed by atoms with Crippen LogP contribution in [0.4, 0.5) is 0 Å². The van der Waals surface area contributed by atoms with E-state index in [0.717, 1.165) is 0 Å². The van der Waals surface area contributed by atoms with Crippen LogP contribution in [0, 0.1) is 0 Å². The molecule has 2 aliphatic rings. The van der Waals surface area contributed by atoms with Crippen LogP contribution in [0.3, 0.4) is 0 Å². The van der Waals surface area contributed by atoms with Crippen molar-refractivity contribution in [2.75, 3.05) is 26.2 Å². The van der Waals surface area contributed by atoms with E-state index in [1.807, 2.05) is 0 Å². The average molecular weight is 301 g/mol. The second-order valence-electron chi connectivity index (χ2n) is 6.32. The highest BCUT2D eigenvalue weighted by Crippen LogP contribution is 2.16. The highest BCUT2D eigenvalue weighted by molar-refractivity contribution is 5.77. The molecule has 0 radical (unpaired) electrons. The number of halogens is 1. The van der Waals surface area contributed by atoms with E-state index in [9.17, 15) is 0 Å². The average Bonchev–Trinajstić information content (AvgIpc) is 2.68. The minimum Gasteiger partial charge on any atom is -1.00 e. The Hall–Kier alpha value is -0.240. The molecule has 0 aromatic carbocycles. The number of unbranched alkanes of at least 4 members (excludes halogenated alkanes) is 5. The molecule has 0 N–H and O–H groups in total. The van der Waals surface area contributed by atoms with Crippen molar-refractivity contribution in [2.24, 2.45) is 0 Å². The second kappa shape index (κ2) is 10.5. The Balaban J connectivity index is 0.00000200. The summed E-state index contributed by atoms with van der Waals surface area (Å²) >= 11 is 0. The fourth-order valence-corrected chi connectivity index (χ4v) is 3.55. The van der Waals surface area contributed by atoms with Gasteiger partial charge in [-0.3, -0.25) is 9.48 Å². The van der Waals surface area contributed by atoms with Gasteiger partial charge in [0, 0.05) is 12.8 Å². The van der Waals surface area contributed by atoms with E-state index in [1.165, 1.54) is 96.8 Å². The fourth-order valence-electron chi connectivity index (χ4n) is 3.55. The first kappa shape index (κ1) is 17.8. The van der Waals surface area contributed by atoms with Gasteiger partial charge in [-0.25, -0.2) is 0 Å². The van der Waals surface area contributed by atoms with Crippen LogP contribution >= 0.6 is 0 Å². The molecule has 0 unspecified atom stereocenters. The number of hydrogen-bond donors (Lipinski definition) is 0. The van der Waals surface area contributed by atoms with Crippen molar-refractivity contribution in [3.63, 3.8) is 0 Å². The normalized spacial score (nSPS) is 19.4. The Bertz CT molecular complexity index is 289. The molecule has 20 heavy (non-hydrogen) atoms. The van der Waals surface area contributed by atoms with Crippen LogP contribution < -0.4 is 12.4 Å². The summed E-state index contributed by atoms with van der Waals surface area (Å²) in [6.45, 7) is 7.58. The van der Waals surface area contributed by atoms with E-state index in [4.69, 9.17) is 0 Å². The minimum atomic E-state index is 0. The fraction of sp³-hybridized carbons (Fsp3) is 0.941. The zero-order valence-corrected chi connectivity index (χ0v) is 14.1. The monoisotopic (exact) mass is 300 g/mol. The lowest BCUT2D eigenvalue weighted by atomic mass is 10.1. The van der Waals surface area contributed by atoms with E-state index in [-0.39, 0.29) is 12.4 Å². The molecule has 2 nitrogen and oxygen atoms in total. The Kier molecular flexibility index (Phi) is 9.33. The van der Waals surface area contributed by atoms with Crippen LogP contribution in [0.5, 0.6) is 0 Å². The first-order chi connectivity index (χ1) is 9.42. The molecular formula is C17H33ClN2. The second-order valence-corrected chi connectivity index (χ2v) is 6.32. The van der Waals surface area contributed by atoms with Crippen molar-refractivity contribution < 1.29 is 17.0 Å². The van der Waals surface area contributed by atoms with Gasteiger partial charge in [-0.2, -0.15) is 0 Å². The van der Waals surface area contributed by atoms with Crippen LogP contribution in [-0.4, -0.2) is 41.5 Å². The lowest BCUT2D eigenvalue weighted by molar-refractivity contribution is -0.539. The Labute approximate surface area is 132 Å². The number of rotatable bonds is 7. The first-order valence-corrected chi connectivity index (χ1v) is 8.77. The van der Waals surface area contributed by atoms with Crippen LogP contribution in [0.1, 0.15) is 77.6 Å². The molecule has 0 atom stereocenters. The third-order valence-corrected chi connectivity index (χ3v) is 4.70. The van der Waals surface area contributed by atoms with Crippen molar-refractivity contribution in [1.29, 1.82) is 0 Å². The minimum absolute atomic E-state index is 0. The van der Waals surface area contributed by atoms with Crippen LogP contribution in [-0.2, 0) is 0 Å². The summed E-state index contributed by atoms with van der Waals surface area (Å²) in [5.74, 6) is 1.69. The predicted molar refractivity (Wildman–Crippen MR) is 83.0 cm³/mol. The van der Waals surface area contributed by atoms with Crippen molar-refractivity contribution >= 4 is 5.84 Å². The summed E-state index contributed by atoms with van der Waals surface area (Å²) in [4.78, 5) is 2.72. The molecule has 0 spiro atoms. The molecule has 0 saturated heterocycles. The summed E-state index contributed by atoms with van der Waals surface area (Å²) in [7, 11) is 0. The largest absolute Gasteiger partial charge is 1.00 e. The van der Waals surface area contributed by atoms with E-state index in [1.54, 1.807) is 5.84 Å². The molecule has 0 fully saturated rings. The third kappa shape index (κ3) is 5.63. The van der Waals surface area contributed by atoms with Crippen LogP contribution in [0.15, 0.2) is 0 Å². The smallest absolute Gasteiger partial charge is 0.246 e. The first-order valence-electron chi connectivity index (χ1n) is 8.77. The number of nitrogens with zero attached hydrogens (tertiary/aromatic N) is 2. The molecule has 2 rings (SSSR count). The van der Waals surface area contributed by atoms with Gasteiger partial charge in [-0.05, 0) is 32.1 Å². The molecule has 0 aromatic rings. The molecule has 0 bridgehead atoms. The highest BCUT2D eigenvalue weighted by atomic mass is 35.5. The highest BCUT2D eigenvalue weighted by Gasteiger charge is 2.27. The summed E-state index contributed by atoms with van der Waals surface area (Å²) in [6.07, 6.45) is 15.5. The van der Waals surface area contributed by atoms with E-state index >= 15 is 0 Å². The van der Waals surface area contributed by atoms with Crippen molar-refractivity contribution in [3.8, 4) is 0 Å². The van der Waals surface area contributed by atoms with Crippen molar-refractivity contribution in [3.05, 3.63) is 0 Å². The van der Waals surface area contributed by atoms with E-state index in [0.29, 0.717) is 0 Å². The van der Waals surface area contributed by atoms with Gasteiger partial charge in [0.15, 0.2) is 0 Å². The summed E-state index contributed by atoms with van der Waals surface area (Å²) in [5.41, 5.74) is 0. The van der Waals surface area contributed by atoms with Gasteiger partial charge in [0.25, 0.3) is 0 Å². The zero-order chi connectivity index (χ0) is 13.3. The standard InChI is InChI=1S/C17H33N2.ClH/c1-2-3-4-5-6-9-13-18-15-11-16-19-14-10-7-8-12-17(18)19;/h2-16H2,1H3;1H/q+1;/p-1. The van der Waals surface area contributed by atoms with Crippen molar-refractivity contribution in [2.45, 2.75) is 77.6 Å². The maximum atomic E-state index is 2.72. The molecular weight excluding hydrogens is 268 g/mol. The lowest BCUT2D eigenvalue weighted by Gasteiger charge is -2.26. The van der Waals surface area contributed by atoms with Crippen LogP contribution in [0.25, 0.3) is 0 Å². The summed E-state index contributed by atoms with van der Waals surface area (Å²) < 4.78 is 2.69. The third-order valence-electron chi connectivity index (χ3n) is 4.70. The Morgan fingerprint density at radius 3 is 2.50 bits per heavy atom. The van der Waals surface area contributed by atoms with E-state index < -0.39 is 0 Å². The predicted octanol–water partition coefficient (Wildman–Crippen LogP) is 1.04. The number of hydrogen-bond acceptors (Lipinski definition) is 1. The lowest BCUT2D eigenvalue weighted by Crippen LogP contribution is -3.00. The van der Waals surface area contributed by atoms with Gasteiger partial charge >= 0.3 is 0 Å². The van der Waals surface area contributed by atoms with Crippen LogP contribution in [0.2, 0.25) is 0 Å². The Morgan fingerprint density at radius 2 is 1.65 bits per heavy atom. The molecule has 0 aliphatic carbocycles. The van der Waals surface area contributed by atoms with Gasteiger partial charge in [0.05, 0.1) is 26.2 Å². The quantitative estimate of drug-likeness (QED) is 0.503. The van der Waals surface area contributed by atoms with Gasteiger partial charge < -0.3 is 12.4 Å². The van der Waals surface area contributed by atoms with Gasteiger partial charge in [0.2, 0.25) is 5.84 Å². The number of amidine groups is 1. The maximum Gasteiger partial charge on any atom is 0.246 e. The summed E-state index contributed by atoms with van der Waals surface area (Å²) in [6, 6.07) is 0. The molecule has 118 valence electrons. The zero-order valence-electron chi connectivity index (χ0n) is 13.4. The topological polar surface area (TPSA) is 6.25 Å². The van der Waals surface area contributed by atoms with E-state index in [2.05, 4.69) is 16.4 Å². The molecule has 3 heteroatoms. The Morgan fingerprint density at radius 1 is 0.900 bits per heavy atom. The van der Waals surface area contributed by atoms with Crippen molar-refractivity contribution in [1.82, 2.24) is 4.90 Å². The van der Waals surface area contributed by atoms with Gasteiger partial charge in [0.1, 0.15) is 0 Å². The molecule has 0 aromatic heterocycles. The molecule has 2 heterocycles. The van der Waals surface area contributed by atoms with Gasteiger partial charge in [-0.1, -0.05) is 32.6 Å². The summed E-state index contributed by atoms with van der Waals surface area (Å²) in [5, 5.41) is 0. The maximum absolute atomic E-state index is 2.72. The SMILES string of the molecule is CCCCCCCCN1CCC[N+]2=C1CCCCC2.[Cl-]. The molecule has 0 amide bonds. The molecule has 0 saturated carbocycles.